The third kappa shape index (κ3) is 5.82. The number of fused-ring (bicyclic) bond motifs is 1. The Morgan fingerprint density at radius 3 is 1.96 bits per heavy atom. The average Bonchev–Trinajstić information content (AvgIpc) is 2.68. The summed E-state index contributed by atoms with van der Waals surface area (Å²) in [6.07, 6.45) is 11.0. The Hall–Kier alpha value is -1.38. The van der Waals surface area contributed by atoms with Gasteiger partial charge >= 0.3 is 0 Å². The van der Waals surface area contributed by atoms with Crippen LogP contribution in [0.3, 0.4) is 0 Å². The summed E-state index contributed by atoms with van der Waals surface area (Å²) in [7, 11) is 0. The van der Waals surface area contributed by atoms with Crippen LogP contribution in [-0.2, 0) is 0 Å². The van der Waals surface area contributed by atoms with E-state index in [-0.39, 0.29) is 6.04 Å². The molecular formula is C24H37NO. The van der Waals surface area contributed by atoms with Gasteiger partial charge in [-0.25, -0.2) is 0 Å². The fraction of sp³-hybridized carbons (Fsp3) is 0.583. The molecule has 0 aromatic heterocycles. The van der Waals surface area contributed by atoms with Crippen LogP contribution in [0.2, 0.25) is 0 Å². The van der Waals surface area contributed by atoms with Gasteiger partial charge in [-0.15, -0.1) is 0 Å². The number of benzene rings is 2. The summed E-state index contributed by atoms with van der Waals surface area (Å²) in [6.45, 7) is 4.44. The Morgan fingerprint density at radius 1 is 0.808 bits per heavy atom. The maximum Gasteiger partial charge on any atom is 0.0839 e. The molecule has 3 N–H and O–H groups in total. The van der Waals surface area contributed by atoms with Gasteiger partial charge in [-0.05, 0) is 35.2 Å². The fourth-order valence-electron chi connectivity index (χ4n) is 3.86. The molecule has 2 nitrogen and oxygen atoms in total. The van der Waals surface area contributed by atoms with Crippen molar-refractivity contribution in [3.8, 4) is 0 Å². The molecule has 0 saturated heterocycles. The lowest BCUT2D eigenvalue weighted by atomic mass is 9.80. The molecule has 2 rings (SSSR count). The van der Waals surface area contributed by atoms with E-state index in [0.717, 1.165) is 31.2 Å². The fourth-order valence-corrected chi connectivity index (χ4v) is 3.86. The van der Waals surface area contributed by atoms with Gasteiger partial charge in [0.25, 0.3) is 0 Å². The first kappa shape index (κ1) is 20.9. The van der Waals surface area contributed by atoms with Gasteiger partial charge in [-0.3, -0.25) is 0 Å². The molecule has 0 aliphatic heterocycles. The first-order valence-electron chi connectivity index (χ1n) is 10.6. The minimum absolute atomic E-state index is 0.324. The van der Waals surface area contributed by atoms with Crippen molar-refractivity contribution >= 4 is 10.8 Å². The number of nitrogens with two attached hydrogens (primary N) is 1. The molecule has 0 aliphatic rings. The van der Waals surface area contributed by atoms with Crippen molar-refractivity contribution in [1.29, 1.82) is 0 Å². The molecule has 2 aromatic carbocycles. The van der Waals surface area contributed by atoms with E-state index < -0.39 is 5.60 Å². The topological polar surface area (TPSA) is 46.2 Å². The van der Waals surface area contributed by atoms with E-state index in [1.807, 2.05) is 0 Å². The molecule has 2 aromatic rings. The van der Waals surface area contributed by atoms with Gasteiger partial charge in [0.2, 0.25) is 0 Å². The van der Waals surface area contributed by atoms with E-state index in [1.165, 1.54) is 49.3 Å². The molecule has 0 aliphatic carbocycles. The molecule has 0 heterocycles. The van der Waals surface area contributed by atoms with E-state index in [4.69, 9.17) is 5.73 Å². The van der Waals surface area contributed by atoms with Crippen molar-refractivity contribution in [2.45, 2.75) is 89.7 Å². The number of hydrogen-bond donors (Lipinski definition) is 2. The number of hydrogen-bond acceptors (Lipinski definition) is 2. The molecule has 2 heteroatoms. The molecule has 0 amide bonds. The first-order chi connectivity index (χ1) is 12.6. The van der Waals surface area contributed by atoms with Crippen molar-refractivity contribution in [3.05, 3.63) is 48.0 Å². The number of aliphatic hydroxyl groups is 1. The monoisotopic (exact) mass is 355 g/mol. The second-order valence-corrected chi connectivity index (χ2v) is 7.81. The smallest absolute Gasteiger partial charge is 0.0839 e. The highest BCUT2D eigenvalue weighted by Crippen LogP contribution is 2.35. The maximum absolute atomic E-state index is 11.5. The zero-order chi connectivity index (χ0) is 18.8. The van der Waals surface area contributed by atoms with E-state index in [2.05, 4.69) is 56.3 Å². The number of unbranched alkanes of at least 4 members (excludes halogenated alkanes) is 6. The largest absolute Gasteiger partial charge is 0.388 e. The SMILES string of the molecule is CCCCCCC(O)(CCCCCC)[C@H](N)c1ccc2ccccc2c1. The molecule has 26 heavy (non-hydrogen) atoms. The van der Waals surface area contributed by atoms with Crippen LogP contribution < -0.4 is 5.73 Å². The standard InChI is InChI=1S/C24H37NO/c1-3-5-7-11-17-24(26,18-12-8-6-4-2)23(25)22-16-15-20-13-9-10-14-21(20)19-22/h9-10,13-16,19,23,26H,3-8,11-12,17-18,25H2,1-2H3/t23-/m1/s1. The molecule has 144 valence electrons. The maximum atomic E-state index is 11.5. The van der Waals surface area contributed by atoms with Gasteiger partial charge in [0.15, 0.2) is 0 Å². The zero-order valence-corrected chi connectivity index (χ0v) is 16.7. The Balaban J connectivity index is 2.14. The summed E-state index contributed by atoms with van der Waals surface area (Å²) < 4.78 is 0. The molecule has 1 atom stereocenters. The van der Waals surface area contributed by atoms with Crippen LogP contribution in [0.15, 0.2) is 42.5 Å². The summed E-state index contributed by atoms with van der Waals surface area (Å²) in [5, 5.41) is 13.9. The minimum Gasteiger partial charge on any atom is -0.388 e. The van der Waals surface area contributed by atoms with Crippen LogP contribution in [-0.4, -0.2) is 10.7 Å². The van der Waals surface area contributed by atoms with Crippen molar-refractivity contribution in [3.63, 3.8) is 0 Å². The molecule has 0 bridgehead atoms. The van der Waals surface area contributed by atoms with Crippen LogP contribution in [0, 0.1) is 0 Å². The van der Waals surface area contributed by atoms with E-state index >= 15 is 0 Å². The average molecular weight is 356 g/mol. The van der Waals surface area contributed by atoms with Crippen molar-refractivity contribution in [2.24, 2.45) is 5.73 Å². The lowest BCUT2D eigenvalue weighted by molar-refractivity contribution is -0.00773. The van der Waals surface area contributed by atoms with E-state index in [9.17, 15) is 5.11 Å². The molecule has 0 saturated carbocycles. The van der Waals surface area contributed by atoms with Gasteiger partial charge in [0.1, 0.15) is 0 Å². The Labute approximate surface area is 159 Å². The summed E-state index contributed by atoms with van der Waals surface area (Å²) in [6, 6.07) is 14.4. The van der Waals surface area contributed by atoms with Crippen molar-refractivity contribution < 1.29 is 5.11 Å². The van der Waals surface area contributed by atoms with E-state index in [0.29, 0.717) is 0 Å². The summed E-state index contributed by atoms with van der Waals surface area (Å²) >= 11 is 0. The van der Waals surface area contributed by atoms with Gasteiger partial charge in [-0.1, -0.05) is 102 Å². The summed E-state index contributed by atoms with van der Waals surface area (Å²) in [4.78, 5) is 0. The highest BCUT2D eigenvalue weighted by Gasteiger charge is 2.34. The Kier molecular flexibility index (Phi) is 8.61. The lowest BCUT2D eigenvalue weighted by Gasteiger charge is -2.35. The van der Waals surface area contributed by atoms with Crippen LogP contribution in [0.1, 0.15) is 89.7 Å². The molecular weight excluding hydrogens is 318 g/mol. The lowest BCUT2D eigenvalue weighted by Crippen LogP contribution is -2.41. The van der Waals surface area contributed by atoms with Gasteiger partial charge in [0.05, 0.1) is 11.6 Å². The molecule has 0 spiro atoms. The predicted molar refractivity (Wildman–Crippen MR) is 113 cm³/mol. The minimum atomic E-state index is -0.802. The molecule has 0 unspecified atom stereocenters. The second kappa shape index (κ2) is 10.7. The highest BCUT2D eigenvalue weighted by molar-refractivity contribution is 5.83. The first-order valence-corrected chi connectivity index (χ1v) is 10.6. The zero-order valence-electron chi connectivity index (χ0n) is 16.7. The Morgan fingerprint density at radius 2 is 1.38 bits per heavy atom. The second-order valence-electron chi connectivity index (χ2n) is 7.81. The summed E-state index contributed by atoms with van der Waals surface area (Å²) in [5.41, 5.74) is 6.90. The van der Waals surface area contributed by atoms with Gasteiger partial charge < -0.3 is 10.8 Å². The number of rotatable bonds is 12. The normalized spacial score (nSPS) is 13.2. The van der Waals surface area contributed by atoms with Crippen LogP contribution in [0.5, 0.6) is 0 Å². The van der Waals surface area contributed by atoms with Crippen LogP contribution in [0.4, 0.5) is 0 Å². The van der Waals surface area contributed by atoms with Gasteiger partial charge in [0, 0.05) is 0 Å². The third-order valence-corrected chi connectivity index (χ3v) is 5.64. The van der Waals surface area contributed by atoms with Crippen molar-refractivity contribution in [2.75, 3.05) is 0 Å². The molecule has 0 radical (unpaired) electrons. The predicted octanol–water partition coefficient (Wildman–Crippen LogP) is 6.51. The van der Waals surface area contributed by atoms with Crippen LogP contribution in [0.25, 0.3) is 10.8 Å². The summed E-state index contributed by atoms with van der Waals surface area (Å²) in [5.74, 6) is 0. The quantitative estimate of drug-likeness (QED) is 0.426. The Bertz CT molecular complexity index is 639. The van der Waals surface area contributed by atoms with Crippen LogP contribution >= 0.6 is 0 Å². The van der Waals surface area contributed by atoms with E-state index in [1.54, 1.807) is 0 Å². The van der Waals surface area contributed by atoms with Crippen molar-refractivity contribution in [1.82, 2.24) is 0 Å². The third-order valence-electron chi connectivity index (χ3n) is 5.64. The van der Waals surface area contributed by atoms with Gasteiger partial charge in [-0.2, -0.15) is 0 Å². The highest BCUT2D eigenvalue weighted by atomic mass is 16.3. The molecule has 0 fully saturated rings.